The standard InChI is InChI=1S/C16H23NO/c1-12-7-8-14(11-13(12)2)15(18)16(17(3)4)9-5-6-10-16/h7-8,11H,5-6,9-10H2,1-4H3. The van der Waals surface area contributed by atoms with Crippen LogP contribution in [0.2, 0.25) is 0 Å². The lowest BCUT2D eigenvalue weighted by Crippen LogP contribution is -2.48. The Balaban J connectivity index is 2.37. The van der Waals surface area contributed by atoms with E-state index in [2.05, 4.69) is 24.8 Å². The van der Waals surface area contributed by atoms with E-state index in [1.807, 2.05) is 26.2 Å². The highest BCUT2D eigenvalue weighted by Crippen LogP contribution is 2.36. The molecule has 1 saturated carbocycles. The Morgan fingerprint density at radius 2 is 1.72 bits per heavy atom. The lowest BCUT2D eigenvalue weighted by atomic mass is 9.85. The smallest absolute Gasteiger partial charge is 0.183 e. The molecule has 1 aliphatic rings. The van der Waals surface area contributed by atoms with E-state index >= 15 is 0 Å². The van der Waals surface area contributed by atoms with Crippen molar-refractivity contribution in [2.24, 2.45) is 0 Å². The molecule has 0 atom stereocenters. The Morgan fingerprint density at radius 3 is 2.22 bits per heavy atom. The molecule has 1 fully saturated rings. The lowest BCUT2D eigenvalue weighted by molar-refractivity contribution is 0.0693. The van der Waals surface area contributed by atoms with Crippen molar-refractivity contribution in [1.29, 1.82) is 0 Å². The van der Waals surface area contributed by atoms with Crippen molar-refractivity contribution in [3.63, 3.8) is 0 Å². The van der Waals surface area contributed by atoms with Gasteiger partial charge in [-0.2, -0.15) is 0 Å². The Kier molecular flexibility index (Phi) is 3.58. The van der Waals surface area contributed by atoms with Crippen LogP contribution in [0.3, 0.4) is 0 Å². The Bertz CT molecular complexity index is 456. The highest BCUT2D eigenvalue weighted by atomic mass is 16.1. The summed E-state index contributed by atoms with van der Waals surface area (Å²) in [6.07, 6.45) is 4.31. The minimum atomic E-state index is -0.262. The summed E-state index contributed by atoms with van der Waals surface area (Å²) in [5, 5.41) is 0. The van der Waals surface area contributed by atoms with Gasteiger partial charge in [-0.1, -0.05) is 25.0 Å². The van der Waals surface area contributed by atoms with Gasteiger partial charge in [0.2, 0.25) is 0 Å². The number of ketones is 1. The number of nitrogens with zero attached hydrogens (tertiary/aromatic N) is 1. The maximum absolute atomic E-state index is 12.8. The fourth-order valence-corrected chi connectivity index (χ4v) is 2.99. The van der Waals surface area contributed by atoms with Crippen molar-refractivity contribution < 1.29 is 4.79 Å². The average Bonchev–Trinajstić information content (AvgIpc) is 2.82. The van der Waals surface area contributed by atoms with Gasteiger partial charge in [-0.05, 0) is 58.0 Å². The third-order valence-corrected chi connectivity index (χ3v) is 4.48. The van der Waals surface area contributed by atoms with Crippen LogP contribution in [0.15, 0.2) is 18.2 Å². The van der Waals surface area contributed by atoms with Crippen LogP contribution in [-0.2, 0) is 0 Å². The Morgan fingerprint density at radius 1 is 1.11 bits per heavy atom. The van der Waals surface area contributed by atoms with E-state index in [-0.39, 0.29) is 5.54 Å². The van der Waals surface area contributed by atoms with Gasteiger partial charge >= 0.3 is 0 Å². The summed E-state index contributed by atoms with van der Waals surface area (Å²) in [5.41, 5.74) is 3.06. The number of carbonyl (C=O) groups is 1. The number of benzene rings is 1. The molecular formula is C16H23NO. The highest BCUT2D eigenvalue weighted by molar-refractivity contribution is 6.03. The van der Waals surface area contributed by atoms with Gasteiger partial charge in [-0.3, -0.25) is 9.69 Å². The number of hydrogen-bond acceptors (Lipinski definition) is 2. The van der Waals surface area contributed by atoms with Gasteiger partial charge in [0.05, 0.1) is 5.54 Å². The highest BCUT2D eigenvalue weighted by Gasteiger charge is 2.43. The van der Waals surface area contributed by atoms with Crippen LogP contribution in [0.1, 0.15) is 47.2 Å². The molecule has 0 aliphatic heterocycles. The molecule has 2 heteroatoms. The van der Waals surface area contributed by atoms with Crippen molar-refractivity contribution >= 4 is 5.78 Å². The molecule has 0 amide bonds. The second-order valence-corrected chi connectivity index (χ2v) is 5.76. The molecule has 1 aromatic carbocycles. The maximum atomic E-state index is 12.8. The van der Waals surface area contributed by atoms with Gasteiger partial charge in [0, 0.05) is 5.56 Å². The van der Waals surface area contributed by atoms with Crippen LogP contribution in [0.4, 0.5) is 0 Å². The van der Waals surface area contributed by atoms with Crippen LogP contribution in [0.5, 0.6) is 0 Å². The predicted octanol–water partition coefficient (Wildman–Crippen LogP) is 3.36. The molecule has 0 aromatic heterocycles. The number of hydrogen-bond donors (Lipinski definition) is 0. The minimum Gasteiger partial charge on any atom is -0.297 e. The first-order valence-corrected chi connectivity index (χ1v) is 6.77. The lowest BCUT2D eigenvalue weighted by Gasteiger charge is -2.34. The summed E-state index contributed by atoms with van der Waals surface area (Å²) < 4.78 is 0. The fraction of sp³-hybridized carbons (Fsp3) is 0.562. The number of rotatable bonds is 3. The van der Waals surface area contributed by atoms with Gasteiger partial charge in [0.15, 0.2) is 5.78 Å². The molecule has 0 radical (unpaired) electrons. The van der Waals surface area contributed by atoms with Crippen molar-refractivity contribution in [1.82, 2.24) is 4.90 Å². The molecule has 1 aromatic rings. The topological polar surface area (TPSA) is 20.3 Å². The van der Waals surface area contributed by atoms with Gasteiger partial charge < -0.3 is 0 Å². The largest absolute Gasteiger partial charge is 0.297 e. The molecule has 2 nitrogen and oxygen atoms in total. The molecule has 98 valence electrons. The van der Waals surface area contributed by atoms with E-state index in [4.69, 9.17) is 0 Å². The zero-order chi connectivity index (χ0) is 13.3. The van der Waals surface area contributed by atoms with Crippen molar-refractivity contribution in [2.75, 3.05) is 14.1 Å². The van der Waals surface area contributed by atoms with E-state index in [0.29, 0.717) is 5.78 Å². The van der Waals surface area contributed by atoms with E-state index in [9.17, 15) is 4.79 Å². The molecule has 0 saturated heterocycles. The molecule has 2 rings (SSSR count). The number of carbonyl (C=O) groups excluding carboxylic acids is 1. The average molecular weight is 245 g/mol. The summed E-state index contributed by atoms with van der Waals surface area (Å²) in [7, 11) is 4.06. The first-order valence-electron chi connectivity index (χ1n) is 6.77. The summed E-state index contributed by atoms with van der Waals surface area (Å²) in [5.74, 6) is 0.299. The van der Waals surface area contributed by atoms with E-state index in [1.165, 1.54) is 11.1 Å². The second kappa shape index (κ2) is 4.85. The maximum Gasteiger partial charge on any atom is 0.183 e. The van der Waals surface area contributed by atoms with Gasteiger partial charge in [0.1, 0.15) is 0 Å². The minimum absolute atomic E-state index is 0.262. The van der Waals surface area contributed by atoms with E-state index in [0.717, 1.165) is 31.2 Å². The molecule has 0 heterocycles. The van der Waals surface area contributed by atoms with Crippen LogP contribution in [-0.4, -0.2) is 30.3 Å². The summed E-state index contributed by atoms with van der Waals surface area (Å²) in [6.45, 7) is 4.16. The molecule has 1 aliphatic carbocycles. The van der Waals surface area contributed by atoms with Gasteiger partial charge in [-0.15, -0.1) is 0 Å². The monoisotopic (exact) mass is 245 g/mol. The first-order chi connectivity index (χ1) is 8.47. The normalized spacial score (nSPS) is 18.3. The number of aryl methyl sites for hydroxylation is 2. The third-order valence-electron chi connectivity index (χ3n) is 4.48. The SMILES string of the molecule is Cc1ccc(C(=O)C2(N(C)C)CCCC2)cc1C. The van der Waals surface area contributed by atoms with Crippen LogP contribution >= 0.6 is 0 Å². The summed E-state index contributed by atoms with van der Waals surface area (Å²) >= 11 is 0. The summed E-state index contributed by atoms with van der Waals surface area (Å²) in [6, 6.07) is 6.08. The van der Waals surface area contributed by atoms with Crippen LogP contribution in [0, 0.1) is 13.8 Å². The zero-order valence-electron chi connectivity index (χ0n) is 11.9. The van der Waals surface area contributed by atoms with Crippen molar-refractivity contribution in [2.45, 2.75) is 45.1 Å². The van der Waals surface area contributed by atoms with Crippen molar-refractivity contribution in [3.8, 4) is 0 Å². The molecule has 18 heavy (non-hydrogen) atoms. The Hall–Kier alpha value is -1.15. The third kappa shape index (κ3) is 2.10. The zero-order valence-corrected chi connectivity index (χ0v) is 11.9. The fourth-order valence-electron chi connectivity index (χ4n) is 2.99. The van der Waals surface area contributed by atoms with E-state index in [1.54, 1.807) is 0 Å². The van der Waals surface area contributed by atoms with Crippen molar-refractivity contribution in [3.05, 3.63) is 34.9 Å². The molecule has 0 bridgehead atoms. The number of Topliss-reactive ketones (excluding diaryl/α,β-unsaturated/α-hetero) is 1. The van der Waals surface area contributed by atoms with Crippen LogP contribution in [0.25, 0.3) is 0 Å². The van der Waals surface area contributed by atoms with Crippen LogP contribution < -0.4 is 0 Å². The molecule has 0 unspecified atom stereocenters. The predicted molar refractivity (Wildman–Crippen MR) is 75.1 cm³/mol. The Labute approximate surface area is 110 Å². The molecule has 0 spiro atoms. The van der Waals surface area contributed by atoms with Gasteiger partial charge in [-0.25, -0.2) is 0 Å². The summed E-state index contributed by atoms with van der Waals surface area (Å²) in [4.78, 5) is 15.0. The molecular weight excluding hydrogens is 222 g/mol. The van der Waals surface area contributed by atoms with E-state index < -0.39 is 0 Å². The first kappa shape index (κ1) is 13.3. The quantitative estimate of drug-likeness (QED) is 0.761. The second-order valence-electron chi connectivity index (χ2n) is 5.76. The molecule has 0 N–H and O–H groups in total. The number of likely N-dealkylation sites (N-methyl/N-ethyl adjacent to an activating group) is 1. The van der Waals surface area contributed by atoms with Gasteiger partial charge in [0.25, 0.3) is 0 Å².